The highest BCUT2D eigenvalue weighted by molar-refractivity contribution is 5.86. The summed E-state index contributed by atoms with van der Waals surface area (Å²) < 4.78 is 0. The first-order valence-corrected chi connectivity index (χ1v) is 8.35. The largest absolute Gasteiger partial charge is 0.354 e. The molecule has 0 bridgehead atoms. The molecule has 0 radical (unpaired) electrons. The van der Waals surface area contributed by atoms with Crippen LogP contribution in [0.4, 0.5) is 0 Å². The second-order valence-electron chi connectivity index (χ2n) is 6.82. The Balaban J connectivity index is 1.80. The Bertz CT molecular complexity index is 324. The Morgan fingerprint density at radius 2 is 2.30 bits per heavy atom. The van der Waals surface area contributed by atoms with Gasteiger partial charge in [0, 0.05) is 19.1 Å². The quantitative estimate of drug-likeness (QED) is 0.780. The van der Waals surface area contributed by atoms with Crippen molar-refractivity contribution >= 4 is 5.91 Å². The van der Waals surface area contributed by atoms with Gasteiger partial charge in [0.25, 0.3) is 0 Å². The zero-order chi connectivity index (χ0) is 14.6. The molecule has 2 aliphatic heterocycles. The van der Waals surface area contributed by atoms with E-state index in [0.717, 1.165) is 45.3 Å². The number of likely N-dealkylation sites (tertiary alicyclic amines) is 1. The average Bonchev–Trinajstić information content (AvgIpc) is 3.06. The molecule has 0 aliphatic carbocycles. The van der Waals surface area contributed by atoms with Gasteiger partial charge in [-0.3, -0.25) is 4.79 Å². The fourth-order valence-corrected chi connectivity index (χ4v) is 3.66. The van der Waals surface area contributed by atoms with Crippen LogP contribution in [-0.2, 0) is 4.79 Å². The van der Waals surface area contributed by atoms with Gasteiger partial charge in [-0.05, 0) is 58.5 Å². The van der Waals surface area contributed by atoms with E-state index in [9.17, 15) is 4.79 Å². The normalized spacial score (nSPS) is 31.1. The molecule has 0 aromatic carbocycles. The summed E-state index contributed by atoms with van der Waals surface area (Å²) in [5, 5.41) is 6.67. The predicted molar refractivity (Wildman–Crippen MR) is 82.7 cm³/mol. The fraction of sp³-hybridized carbons (Fsp3) is 0.938. The van der Waals surface area contributed by atoms with Gasteiger partial charge >= 0.3 is 0 Å². The van der Waals surface area contributed by atoms with Crippen molar-refractivity contribution < 1.29 is 4.79 Å². The van der Waals surface area contributed by atoms with Crippen molar-refractivity contribution in [3.63, 3.8) is 0 Å². The molecule has 4 nitrogen and oxygen atoms in total. The summed E-state index contributed by atoms with van der Waals surface area (Å²) in [4.78, 5) is 15.0. The molecule has 2 heterocycles. The van der Waals surface area contributed by atoms with E-state index in [1.54, 1.807) is 0 Å². The van der Waals surface area contributed by atoms with Gasteiger partial charge in [-0.15, -0.1) is 0 Å². The minimum atomic E-state index is -0.273. The molecule has 2 atom stereocenters. The maximum atomic E-state index is 12.5. The van der Waals surface area contributed by atoms with Crippen LogP contribution >= 0.6 is 0 Å². The summed E-state index contributed by atoms with van der Waals surface area (Å²) in [5.41, 5.74) is -0.273. The second-order valence-corrected chi connectivity index (χ2v) is 6.82. The Morgan fingerprint density at radius 1 is 1.50 bits per heavy atom. The van der Waals surface area contributed by atoms with Gasteiger partial charge in [0.15, 0.2) is 0 Å². The monoisotopic (exact) mass is 281 g/mol. The molecule has 4 heteroatoms. The number of carbonyl (C=O) groups is 1. The number of carbonyl (C=O) groups excluding carboxylic acids is 1. The number of rotatable bonds is 6. The predicted octanol–water partition coefficient (Wildman–Crippen LogP) is 1.76. The Morgan fingerprint density at radius 3 is 2.85 bits per heavy atom. The Labute approximate surface area is 123 Å². The van der Waals surface area contributed by atoms with Crippen molar-refractivity contribution in [3.8, 4) is 0 Å². The minimum Gasteiger partial charge on any atom is -0.354 e. The lowest BCUT2D eigenvalue weighted by atomic mass is 9.90. The molecule has 2 N–H and O–H groups in total. The molecule has 20 heavy (non-hydrogen) atoms. The van der Waals surface area contributed by atoms with Crippen molar-refractivity contribution in [1.29, 1.82) is 0 Å². The molecular weight excluding hydrogens is 250 g/mol. The molecule has 0 aromatic heterocycles. The van der Waals surface area contributed by atoms with Crippen LogP contribution in [0.5, 0.6) is 0 Å². The van der Waals surface area contributed by atoms with Gasteiger partial charge < -0.3 is 15.5 Å². The molecule has 1 amide bonds. The van der Waals surface area contributed by atoms with Crippen molar-refractivity contribution in [1.82, 2.24) is 15.5 Å². The standard InChI is InChI=1S/C16H31N3O/c1-4-7-16(8-5-9-18-16)15(20)17-11-14-6-10-19(12-14)13(2)3/h13-14,18H,4-12H2,1-3H3,(H,17,20). The zero-order valence-corrected chi connectivity index (χ0v) is 13.4. The summed E-state index contributed by atoms with van der Waals surface area (Å²) in [6, 6.07) is 0.624. The second kappa shape index (κ2) is 6.90. The molecule has 0 aromatic rings. The van der Waals surface area contributed by atoms with E-state index in [2.05, 4.69) is 36.3 Å². The smallest absolute Gasteiger partial charge is 0.240 e. The van der Waals surface area contributed by atoms with E-state index in [-0.39, 0.29) is 11.4 Å². The highest BCUT2D eigenvalue weighted by Crippen LogP contribution is 2.25. The number of amides is 1. The molecule has 2 saturated heterocycles. The van der Waals surface area contributed by atoms with Gasteiger partial charge in [-0.25, -0.2) is 0 Å². The Kier molecular flexibility index (Phi) is 5.44. The molecule has 2 rings (SSSR count). The van der Waals surface area contributed by atoms with Crippen LogP contribution in [0.2, 0.25) is 0 Å². The summed E-state index contributed by atoms with van der Waals surface area (Å²) in [5.74, 6) is 0.862. The lowest BCUT2D eigenvalue weighted by Crippen LogP contribution is -2.54. The lowest BCUT2D eigenvalue weighted by Gasteiger charge is -2.28. The van der Waals surface area contributed by atoms with Crippen LogP contribution in [0.25, 0.3) is 0 Å². The lowest BCUT2D eigenvalue weighted by molar-refractivity contribution is -0.127. The molecule has 0 spiro atoms. The zero-order valence-electron chi connectivity index (χ0n) is 13.4. The van der Waals surface area contributed by atoms with Crippen LogP contribution in [0.3, 0.4) is 0 Å². The van der Waals surface area contributed by atoms with Gasteiger partial charge in [0.1, 0.15) is 0 Å². The van der Waals surface area contributed by atoms with E-state index in [0.29, 0.717) is 12.0 Å². The van der Waals surface area contributed by atoms with E-state index >= 15 is 0 Å². The van der Waals surface area contributed by atoms with Crippen LogP contribution in [0.15, 0.2) is 0 Å². The first-order chi connectivity index (χ1) is 9.57. The highest BCUT2D eigenvalue weighted by Gasteiger charge is 2.40. The van der Waals surface area contributed by atoms with Crippen LogP contribution in [0, 0.1) is 5.92 Å². The number of nitrogens with zero attached hydrogens (tertiary/aromatic N) is 1. The maximum absolute atomic E-state index is 12.5. The van der Waals surface area contributed by atoms with Gasteiger partial charge in [-0.2, -0.15) is 0 Å². The van der Waals surface area contributed by atoms with Gasteiger partial charge in [-0.1, -0.05) is 13.3 Å². The topological polar surface area (TPSA) is 44.4 Å². The Hall–Kier alpha value is -0.610. The minimum absolute atomic E-state index is 0.236. The number of hydrogen-bond donors (Lipinski definition) is 2. The molecule has 2 fully saturated rings. The van der Waals surface area contributed by atoms with Crippen LogP contribution in [0.1, 0.15) is 52.9 Å². The third-order valence-electron chi connectivity index (χ3n) is 4.95. The summed E-state index contributed by atoms with van der Waals surface area (Å²) in [6.45, 7) is 10.8. The number of hydrogen-bond acceptors (Lipinski definition) is 3. The highest BCUT2D eigenvalue weighted by atomic mass is 16.2. The van der Waals surface area contributed by atoms with Crippen molar-refractivity contribution in [3.05, 3.63) is 0 Å². The first kappa shape index (κ1) is 15.8. The van der Waals surface area contributed by atoms with E-state index in [4.69, 9.17) is 0 Å². The van der Waals surface area contributed by atoms with Crippen molar-refractivity contribution in [2.45, 2.75) is 64.5 Å². The van der Waals surface area contributed by atoms with Crippen LogP contribution in [-0.4, -0.2) is 48.6 Å². The SMILES string of the molecule is CCCC1(C(=O)NCC2CCN(C(C)C)C2)CCCN1. The molecule has 116 valence electrons. The average molecular weight is 281 g/mol. The van der Waals surface area contributed by atoms with E-state index in [1.807, 2.05) is 0 Å². The van der Waals surface area contributed by atoms with Gasteiger partial charge in [0.2, 0.25) is 5.91 Å². The molecule has 2 aliphatic rings. The van der Waals surface area contributed by atoms with Crippen molar-refractivity contribution in [2.24, 2.45) is 5.92 Å². The van der Waals surface area contributed by atoms with Crippen molar-refractivity contribution in [2.75, 3.05) is 26.2 Å². The summed E-state index contributed by atoms with van der Waals surface area (Å²) >= 11 is 0. The molecular formula is C16H31N3O. The van der Waals surface area contributed by atoms with Crippen LogP contribution < -0.4 is 10.6 Å². The van der Waals surface area contributed by atoms with Gasteiger partial charge in [0.05, 0.1) is 5.54 Å². The third-order valence-corrected chi connectivity index (χ3v) is 4.95. The third kappa shape index (κ3) is 3.53. The first-order valence-electron chi connectivity index (χ1n) is 8.35. The number of nitrogens with one attached hydrogen (secondary N) is 2. The van der Waals surface area contributed by atoms with E-state index in [1.165, 1.54) is 13.0 Å². The molecule has 2 unspecified atom stereocenters. The summed E-state index contributed by atoms with van der Waals surface area (Å²) in [6.07, 6.45) is 5.35. The van der Waals surface area contributed by atoms with E-state index < -0.39 is 0 Å². The molecule has 0 saturated carbocycles. The fourth-order valence-electron chi connectivity index (χ4n) is 3.66. The maximum Gasteiger partial charge on any atom is 0.240 e. The summed E-state index contributed by atoms with van der Waals surface area (Å²) in [7, 11) is 0.